The number of aryl methyl sites for hydroxylation is 1. The van der Waals surface area contributed by atoms with Crippen molar-refractivity contribution < 1.29 is 19.1 Å². The fourth-order valence-corrected chi connectivity index (χ4v) is 2.96. The molecule has 5 nitrogen and oxygen atoms in total. The normalized spacial score (nSPS) is 11.5. The zero-order valence-electron chi connectivity index (χ0n) is 15.0. The molecule has 26 heavy (non-hydrogen) atoms. The van der Waals surface area contributed by atoms with Gasteiger partial charge in [0.25, 0.3) is 5.91 Å². The van der Waals surface area contributed by atoms with Crippen LogP contribution in [0.3, 0.4) is 0 Å². The van der Waals surface area contributed by atoms with Crippen LogP contribution in [0, 0.1) is 0 Å². The first-order chi connectivity index (χ1) is 12.4. The number of hydrogen-bond donors (Lipinski definition) is 1. The predicted molar refractivity (Wildman–Crippen MR) is 103 cm³/mol. The van der Waals surface area contributed by atoms with Gasteiger partial charge in [0.05, 0.1) is 23.2 Å². The molecule has 0 saturated carbocycles. The number of carbonyl (C=O) groups is 2. The van der Waals surface area contributed by atoms with Crippen molar-refractivity contribution in [3.63, 3.8) is 0 Å². The lowest BCUT2D eigenvalue weighted by molar-refractivity contribution is -0.124. The lowest BCUT2D eigenvalue weighted by Crippen LogP contribution is -2.31. The van der Waals surface area contributed by atoms with E-state index in [-0.39, 0.29) is 18.6 Å². The Morgan fingerprint density at radius 3 is 2.42 bits per heavy atom. The molecule has 1 amide bonds. The second-order valence-corrected chi connectivity index (χ2v) is 6.66. The molecule has 1 atom stereocenters. The predicted octanol–water partition coefficient (Wildman–Crippen LogP) is 4.05. The van der Waals surface area contributed by atoms with Crippen LogP contribution >= 0.6 is 15.9 Å². The highest BCUT2D eigenvalue weighted by atomic mass is 79.9. The Bertz CT molecular complexity index is 774. The summed E-state index contributed by atoms with van der Waals surface area (Å²) in [6.07, 6.45) is 0.971. The Balaban J connectivity index is 1.87. The second kappa shape index (κ2) is 9.38. The highest BCUT2D eigenvalue weighted by Gasteiger charge is 2.14. The van der Waals surface area contributed by atoms with Crippen LogP contribution in [0.1, 0.15) is 41.4 Å². The fraction of sp³-hybridized carbons (Fsp3) is 0.300. The van der Waals surface area contributed by atoms with Gasteiger partial charge in [-0.2, -0.15) is 0 Å². The van der Waals surface area contributed by atoms with Crippen molar-refractivity contribution >= 4 is 27.8 Å². The van der Waals surface area contributed by atoms with Gasteiger partial charge in [-0.25, -0.2) is 4.79 Å². The zero-order valence-corrected chi connectivity index (χ0v) is 16.6. The zero-order chi connectivity index (χ0) is 19.1. The third-order valence-corrected chi connectivity index (χ3v) is 4.61. The summed E-state index contributed by atoms with van der Waals surface area (Å²) in [5, 5.41) is 2.82. The Kier molecular flexibility index (Phi) is 7.21. The number of ether oxygens (including phenoxy) is 2. The lowest BCUT2D eigenvalue weighted by Gasteiger charge is -2.15. The molecule has 138 valence electrons. The van der Waals surface area contributed by atoms with Gasteiger partial charge in [-0.05, 0) is 58.6 Å². The number of rotatable bonds is 7. The van der Waals surface area contributed by atoms with Crippen LogP contribution in [-0.2, 0) is 16.0 Å². The fourth-order valence-electron chi connectivity index (χ4n) is 2.42. The summed E-state index contributed by atoms with van der Waals surface area (Å²) in [6.45, 7) is 3.65. The SMILES string of the molecule is CCc1ccc([C@H](C)NC(=O)COC(=O)c2ccc(OC)c(Br)c2)cc1. The number of amides is 1. The summed E-state index contributed by atoms with van der Waals surface area (Å²) >= 11 is 3.31. The molecule has 0 aliphatic heterocycles. The summed E-state index contributed by atoms with van der Waals surface area (Å²) in [6, 6.07) is 12.7. The van der Waals surface area contributed by atoms with Gasteiger partial charge in [-0.15, -0.1) is 0 Å². The first-order valence-electron chi connectivity index (χ1n) is 8.33. The summed E-state index contributed by atoms with van der Waals surface area (Å²) < 4.78 is 10.8. The Morgan fingerprint density at radius 1 is 1.15 bits per heavy atom. The van der Waals surface area contributed by atoms with E-state index in [1.54, 1.807) is 25.3 Å². The van der Waals surface area contributed by atoms with Crippen molar-refractivity contribution in [1.82, 2.24) is 5.32 Å². The van der Waals surface area contributed by atoms with E-state index in [2.05, 4.69) is 28.2 Å². The Morgan fingerprint density at radius 2 is 1.85 bits per heavy atom. The number of halogens is 1. The van der Waals surface area contributed by atoms with Gasteiger partial charge in [0.15, 0.2) is 6.61 Å². The van der Waals surface area contributed by atoms with E-state index < -0.39 is 5.97 Å². The molecule has 0 saturated heterocycles. The van der Waals surface area contributed by atoms with Crippen molar-refractivity contribution in [3.05, 3.63) is 63.6 Å². The smallest absolute Gasteiger partial charge is 0.338 e. The quantitative estimate of drug-likeness (QED) is 0.687. The third-order valence-electron chi connectivity index (χ3n) is 3.99. The van der Waals surface area contributed by atoms with Crippen LogP contribution in [0.2, 0.25) is 0 Å². The van der Waals surface area contributed by atoms with Gasteiger partial charge < -0.3 is 14.8 Å². The standard InChI is InChI=1S/C20H22BrNO4/c1-4-14-5-7-15(8-6-14)13(2)22-19(23)12-26-20(24)16-9-10-18(25-3)17(21)11-16/h5-11,13H,4,12H2,1-3H3,(H,22,23)/t13-/m0/s1. The molecule has 0 radical (unpaired) electrons. The summed E-state index contributed by atoms with van der Waals surface area (Å²) in [4.78, 5) is 24.1. The van der Waals surface area contributed by atoms with Crippen LogP contribution in [0.5, 0.6) is 5.75 Å². The minimum atomic E-state index is -0.566. The van der Waals surface area contributed by atoms with Crippen LogP contribution < -0.4 is 10.1 Å². The largest absolute Gasteiger partial charge is 0.496 e. The van der Waals surface area contributed by atoms with E-state index in [0.717, 1.165) is 12.0 Å². The van der Waals surface area contributed by atoms with Crippen molar-refractivity contribution in [3.8, 4) is 5.75 Å². The maximum absolute atomic E-state index is 12.1. The summed E-state index contributed by atoms with van der Waals surface area (Å²) in [5.41, 5.74) is 2.58. The van der Waals surface area contributed by atoms with E-state index in [1.165, 1.54) is 5.56 Å². The van der Waals surface area contributed by atoms with Crippen LogP contribution in [-0.4, -0.2) is 25.6 Å². The van der Waals surface area contributed by atoms with E-state index in [4.69, 9.17) is 9.47 Å². The molecule has 1 N–H and O–H groups in total. The molecule has 0 fully saturated rings. The number of benzene rings is 2. The maximum atomic E-state index is 12.1. The van der Waals surface area contributed by atoms with Gasteiger partial charge in [-0.1, -0.05) is 31.2 Å². The molecule has 0 spiro atoms. The third kappa shape index (κ3) is 5.33. The van der Waals surface area contributed by atoms with Gasteiger partial charge in [0.1, 0.15) is 5.75 Å². The molecular formula is C20H22BrNO4. The maximum Gasteiger partial charge on any atom is 0.338 e. The van der Waals surface area contributed by atoms with Gasteiger partial charge in [0, 0.05) is 0 Å². The highest BCUT2D eigenvalue weighted by Crippen LogP contribution is 2.25. The van der Waals surface area contributed by atoms with Crippen molar-refractivity contribution in [1.29, 1.82) is 0 Å². The van der Waals surface area contributed by atoms with E-state index >= 15 is 0 Å². The molecule has 0 aromatic heterocycles. The van der Waals surface area contributed by atoms with Gasteiger partial charge in [-0.3, -0.25) is 4.79 Å². The Labute approximate surface area is 161 Å². The van der Waals surface area contributed by atoms with E-state index in [0.29, 0.717) is 15.8 Å². The monoisotopic (exact) mass is 419 g/mol. The minimum absolute atomic E-state index is 0.165. The molecule has 2 aromatic carbocycles. The second-order valence-electron chi connectivity index (χ2n) is 5.81. The number of nitrogens with one attached hydrogen (secondary N) is 1. The number of carbonyl (C=O) groups excluding carboxylic acids is 2. The average molecular weight is 420 g/mol. The summed E-state index contributed by atoms with van der Waals surface area (Å²) in [5.74, 6) is -0.302. The van der Waals surface area contributed by atoms with Crippen LogP contribution in [0.15, 0.2) is 46.9 Å². The van der Waals surface area contributed by atoms with Crippen molar-refractivity contribution in [2.75, 3.05) is 13.7 Å². The van der Waals surface area contributed by atoms with Crippen LogP contribution in [0.25, 0.3) is 0 Å². The number of methoxy groups -OCH3 is 1. The van der Waals surface area contributed by atoms with Gasteiger partial charge >= 0.3 is 5.97 Å². The number of hydrogen-bond acceptors (Lipinski definition) is 4. The molecule has 0 aliphatic rings. The minimum Gasteiger partial charge on any atom is -0.496 e. The first kappa shape index (κ1) is 20.0. The topological polar surface area (TPSA) is 64.6 Å². The molecule has 2 rings (SSSR count). The van der Waals surface area contributed by atoms with E-state index in [1.807, 2.05) is 31.2 Å². The molecule has 0 heterocycles. The van der Waals surface area contributed by atoms with Gasteiger partial charge in [0.2, 0.25) is 0 Å². The van der Waals surface area contributed by atoms with Crippen LogP contribution in [0.4, 0.5) is 0 Å². The highest BCUT2D eigenvalue weighted by molar-refractivity contribution is 9.10. The van der Waals surface area contributed by atoms with E-state index in [9.17, 15) is 9.59 Å². The molecule has 6 heteroatoms. The van der Waals surface area contributed by atoms with Crippen molar-refractivity contribution in [2.45, 2.75) is 26.3 Å². The molecular weight excluding hydrogens is 398 g/mol. The number of esters is 1. The summed E-state index contributed by atoms with van der Waals surface area (Å²) in [7, 11) is 1.54. The first-order valence-corrected chi connectivity index (χ1v) is 9.12. The molecule has 2 aromatic rings. The Hall–Kier alpha value is -2.34. The molecule has 0 aliphatic carbocycles. The lowest BCUT2D eigenvalue weighted by atomic mass is 10.1. The molecule has 0 unspecified atom stereocenters. The van der Waals surface area contributed by atoms with Crippen molar-refractivity contribution in [2.24, 2.45) is 0 Å². The molecule has 0 bridgehead atoms. The average Bonchev–Trinajstić information content (AvgIpc) is 2.66.